The normalized spacial score (nSPS) is 14.2. The molecule has 0 saturated carbocycles. The van der Waals surface area contributed by atoms with Gasteiger partial charge in [0.2, 0.25) is 29.5 Å². The largest absolute Gasteiger partial charge is 0.481 e. The van der Waals surface area contributed by atoms with Crippen molar-refractivity contribution in [3.63, 3.8) is 0 Å². The van der Waals surface area contributed by atoms with E-state index >= 15 is 0 Å². The summed E-state index contributed by atoms with van der Waals surface area (Å²) in [6.07, 6.45) is -2.17. The molecule has 0 aliphatic carbocycles. The molecule has 0 spiro atoms. The Kier molecular flexibility index (Phi) is 12.3. The van der Waals surface area contributed by atoms with Gasteiger partial charge in [-0.25, -0.2) is 4.79 Å². The van der Waals surface area contributed by atoms with E-state index in [-0.39, 0.29) is 5.75 Å². The molecule has 0 aliphatic rings. The van der Waals surface area contributed by atoms with Crippen LogP contribution >= 0.6 is 12.6 Å². The molecule has 0 aliphatic heterocycles. The maximum atomic E-state index is 12.6. The van der Waals surface area contributed by atoms with Crippen LogP contribution < -0.4 is 33.2 Å². The molecule has 0 fully saturated rings. The van der Waals surface area contributed by atoms with E-state index in [9.17, 15) is 33.6 Å². The van der Waals surface area contributed by atoms with E-state index in [4.69, 9.17) is 27.4 Å². The standard InChI is InChI=1S/C16H26N6O9S/c17-6(3-10(18)23)13(27)20-7(1-2-12(25)26)14(28)22-9(5-32)15(29)21-8(16(30)31)4-11(19)24/h6-9,32H,1-5,17H2,(H2,18,23)(H2,19,24)(H,20,27)(H,21,29)(H,22,28)(H,25,26)(H,30,31). The van der Waals surface area contributed by atoms with Crippen molar-refractivity contribution >= 4 is 54.1 Å². The number of hydrogen-bond donors (Lipinski definition) is 9. The summed E-state index contributed by atoms with van der Waals surface area (Å²) in [5, 5.41) is 24.3. The Hall–Kier alpha value is -3.40. The van der Waals surface area contributed by atoms with Crippen molar-refractivity contribution in [3.05, 3.63) is 0 Å². The highest BCUT2D eigenvalue weighted by atomic mass is 32.1. The van der Waals surface area contributed by atoms with Crippen LogP contribution in [0.4, 0.5) is 0 Å². The van der Waals surface area contributed by atoms with Gasteiger partial charge in [0.05, 0.1) is 18.9 Å². The van der Waals surface area contributed by atoms with Crippen LogP contribution in [0.3, 0.4) is 0 Å². The zero-order valence-corrected chi connectivity index (χ0v) is 17.7. The average Bonchev–Trinajstić information content (AvgIpc) is 2.66. The van der Waals surface area contributed by atoms with Crippen LogP contribution in [-0.2, 0) is 33.6 Å². The van der Waals surface area contributed by atoms with E-state index in [1.807, 2.05) is 5.32 Å². The predicted molar refractivity (Wildman–Crippen MR) is 110 cm³/mol. The lowest BCUT2D eigenvalue weighted by molar-refractivity contribution is -0.143. The smallest absolute Gasteiger partial charge is 0.326 e. The molecule has 0 radical (unpaired) electrons. The third-order valence-electron chi connectivity index (χ3n) is 3.87. The molecular weight excluding hydrogens is 452 g/mol. The number of rotatable bonds is 15. The van der Waals surface area contributed by atoms with Crippen molar-refractivity contribution in [2.24, 2.45) is 17.2 Å². The minimum Gasteiger partial charge on any atom is -0.481 e. The zero-order valence-electron chi connectivity index (χ0n) is 16.8. The number of aliphatic carboxylic acids is 2. The molecule has 0 aromatic heterocycles. The van der Waals surface area contributed by atoms with Crippen LogP contribution in [-0.4, -0.2) is 81.6 Å². The fourth-order valence-corrected chi connectivity index (χ4v) is 2.52. The molecule has 16 heteroatoms. The van der Waals surface area contributed by atoms with Crippen molar-refractivity contribution in [2.75, 3.05) is 5.75 Å². The van der Waals surface area contributed by atoms with Crippen LogP contribution in [0.2, 0.25) is 0 Å². The first-order valence-corrected chi connectivity index (χ1v) is 9.70. The topological polar surface area (TPSA) is 274 Å². The summed E-state index contributed by atoms with van der Waals surface area (Å²) < 4.78 is 0. The van der Waals surface area contributed by atoms with Gasteiger partial charge in [0.1, 0.15) is 18.1 Å². The summed E-state index contributed by atoms with van der Waals surface area (Å²) >= 11 is 3.90. The lowest BCUT2D eigenvalue weighted by atomic mass is 10.1. The first-order chi connectivity index (χ1) is 14.8. The van der Waals surface area contributed by atoms with Gasteiger partial charge >= 0.3 is 11.9 Å². The van der Waals surface area contributed by atoms with Crippen molar-refractivity contribution in [1.82, 2.24) is 16.0 Å². The zero-order chi connectivity index (χ0) is 25.0. The van der Waals surface area contributed by atoms with Crippen molar-refractivity contribution in [2.45, 2.75) is 49.9 Å². The summed E-state index contributed by atoms with van der Waals surface area (Å²) in [4.78, 5) is 80.8. The highest BCUT2D eigenvalue weighted by Gasteiger charge is 2.30. The van der Waals surface area contributed by atoms with Crippen molar-refractivity contribution in [1.29, 1.82) is 0 Å². The van der Waals surface area contributed by atoms with Crippen LogP contribution in [0.1, 0.15) is 25.7 Å². The summed E-state index contributed by atoms with van der Waals surface area (Å²) in [6, 6.07) is -5.94. The van der Waals surface area contributed by atoms with Crippen LogP contribution in [0.15, 0.2) is 0 Å². The van der Waals surface area contributed by atoms with E-state index < -0.39 is 91.3 Å². The van der Waals surface area contributed by atoms with Crippen LogP contribution in [0, 0.1) is 0 Å². The molecule has 4 unspecified atom stereocenters. The quantitative estimate of drug-likeness (QED) is 0.102. The lowest BCUT2D eigenvalue weighted by Gasteiger charge is -2.24. The molecule has 15 nitrogen and oxygen atoms in total. The average molecular weight is 478 g/mol. The highest BCUT2D eigenvalue weighted by molar-refractivity contribution is 7.80. The number of primary amides is 2. The van der Waals surface area contributed by atoms with Gasteiger partial charge in [0.25, 0.3) is 0 Å². The van der Waals surface area contributed by atoms with E-state index in [1.54, 1.807) is 0 Å². The van der Waals surface area contributed by atoms with Crippen molar-refractivity contribution < 1.29 is 43.8 Å². The monoisotopic (exact) mass is 478 g/mol. The van der Waals surface area contributed by atoms with Gasteiger partial charge in [-0.05, 0) is 6.42 Å². The molecule has 4 atom stereocenters. The Morgan fingerprint density at radius 2 is 1.22 bits per heavy atom. The predicted octanol–water partition coefficient (Wildman–Crippen LogP) is -4.60. The molecule has 0 aromatic rings. The lowest BCUT2D eigenvalue weighted by Crippen LogP contribution is -2.58. The molecular formula is C16H26N6O9S. The molecule has 0 heterocycles. The molecule has 180 valence electrons. The van der Waals surface area contributed by atoms with Crippen LogP contribution in [0.5, 0.6) is 0 Å². The number of nitrogens with one attached hydrogen (secondary N) is 3. The number of thiol groups is 1. The first-order valence-electron chi connectivity index (χ1n) is 9.07. The third kappa shape index (κ3) is 11.1. The SMILES string of the molecule is NC(=O)CC(N)C(=O)NC(CCC(=O)O)C(=O)NC(CS)C(=O)NC(CC(N)=O)C(=O)O. The second kappa shape index (κ2) is 13.8. The molecule has 11 N–H and O–H groups in total. The number of carboxylic acids is 2. The number of amides is 5. The van der Waals surface area contributed by atoms with E-state index in [0.717, 1.165) is 0 Å². The fourth-order valence-electron chi connectivity index (χ4n) is 2.26. The molecule has 5 amide bonds. The van der Waals surface area contributed by atoms with Gasteiger partial charge in [-0.15, -0.1) is 0 Å². The third-order valence-corrected chi connectivity index (χ3v) is 4.24. The number of carboxylic acid groups (broad SMARTS) is 2. The number of nitrogens with two attached hydrogens (primary N) is 3. The maximum absolute atomic E-state index is 12.6. The van der Waals surface area contributed by atoms with Crippen molar-refractivity contribution in [3.8, 4) is 0 Å². The van der Waals surface area contributed by atoms with E-state index in [1.165, 1.54) is 0 Å². The second-order valence-electron chi connectivity index (χ2n) is 6.58. The Labute approximate surface area is 187 Å². The summed E-state index contributed by atoms with van der Waals surface area (Å²) in [6.45, 7) is 0. The highest BCUT2D eigenvalue weighted by Crippen LogP contribution is 2.02. The van der Waals surface area contributed by atoms with Gasteiger partial charge in [-0.3, -0.25) is 28.8 Å². The molecule has 32 heavy (non-hydrogen) atoms. The Balaban J connectivity index is 5.33. The Morgan fingerprint density at radius 3 is 1.66 bits per heavy atom. The minimum absolute atomic E-state index is 0.318. The van der Waals surface area contributed by atoms with Gasteiger partial charge in [-0.1, -0.05) is 0 Å². The Morgan fingerprint density at radius 1 is 0.750 bits per heavy atom. The summed E-state index contributed by atoms with van der Waals surface area (Å²) in [7, 11) is 0. The number of carbonyl (C=O) groups excluding carboxylic acids is 5. The first kappa shape index (κ1) is 28.6. The number of hydrogen-bond acceptors (Lipinski definition) is 9. The van der Waals surface area contributed by atoms with Gasteiger partial charge in [-0.2, -0.15) is 12.6 Å². The van der Waals surface area contributed by atoms with Gasteiger partial charge in [0, 0.05) is 12.2 Å². The van der Waals surface area contributed by atoms with Crippen LogP contribution in [0.25, 0.3) is 0 Å². The van der Waals surface area contributed by atoms with Gasteiger partial charge in [0.15, 0.2) is 0 Å². The van der Waals surface area contributed by atoms with Gasteiger partial charge < -0.3 is 43.4 Å². The molecule has 0 bridgehead atoms. The Bertz CT molecular complexity index is 762. The molecule has 0 rings (SSSR count). The fraction of sp³-hybridized carbons (Fsp3) is 0.562. The second-order valence-corrected chi connectivity index (χ2v) is 6.95. The van der Waals surface area contributed by atoms with E-state index in [2.05, 4.69) is 23.3 Å². The summed E-state index contributed by atoms with van der Waals surface area (Å²) in [5.74, 6) is -8.00. The minimum atomic E-state index is -1.66. The maximum Gasteiger partial charge on any atom is 0.326 e. The molecule has 0 aromatic carbocycles. The van der Waals surface area contributed by atoms with E-state index in [0.29, 0.717) is 0 Å². The number of carbonyl (C=O) groups is 7. The molecule has 0 saturated heterocycles. The summed E-state index contributed by atoms with van der Waals surface area (Å²) in [5.41, 5.74) is 15.4.